The predicted octanol–water partition coefficient (Wildman–Crippen LogP) is 7.07. The van der Waals surface area contributed by atoms with E-state index in [1.54, 1.807) is 18.5 Å². The summed E-state index contributed by atoms with van der Waals surface area (Å²) in [6.07, 6.45) is 12.0. The number of nitrogens with zero attached hydrogens (tertiary/aromatic N) is 6. The van der Waals surface area contributed by atoms with Crippen LogP contribution in [0, 0.1) is 5.92 Å². The SMILES string of the molecule is CN(CCC(=O)CC1CCN(c2ccncc2)CC1)S(=O)(=O)c1cccc(Cl)c1Cl.CN(CCOC=O)S(=O)(=O)c1cccc(Cl)c1Cl.NC1CCN(c2ccncc2)CC1. The van der Waals surface area contributed by atoms with Crippen LogP contribution in [-0.4, -0.2) is 114 Å². The number of anilines is 2. The number of halogens is 4. The Morgan fingerprint density at radius 2 is 1.15 bits per heavy atom. The molecular weight excluding hydrogens is 908 g/mol. The Morgan fingerprint density at radius 3 is 1.59 bits per heavy atom. The second-order valence-corrected chi connectivity index (χ2v) is 20.0. The van der Waals surface area contributed by atoms with Crippen molar-refractivity contribution in [1.29, 1.82) is 0 Å². The van der Waals surface area contributed by atoms with Crippen LogP contribution in [0.4, 0.5) is 11.4 Å². The number of Topliss-reactive ketones (excluding diaryl/α,β-unsaturated/α-hetero) is 1. The normalized spacial score (nSPS) is 15.1. The Bertz CT molecular complexity index is 2230. The number of rotatable bonds is 15. The molecule has 0 radical (unpaired) electrons. The number of benzene rings is 2. The van der Waals surface area contributed by atoms with Gasteiger partial charge in [-0.1, -0.05) is 58.5 Å². The molecule has 2 fully saturated rings. The highest BCUT2D eigenvalue weighted by molar-refractivity contribution is 7.89. The minimum Gasteiger partial charge on any atom is -0.466 e. The first-order chi connectivity index (χ1) is 29.1. The van der Waals surface area contributed by atoms with Gasteiger partial charge in [0.2, 0.25) is 20.0 Å². The fourth-order valence-electron chi connectivity index (χ4n) is 6.54. The molecule has 4 aromatic rings. The maximum atomic E-state index is 12.7. The number of hydrogen-bond acceptors (Lipinski definition) is 12. The molecule has 2 N–H and O–H groups in total. The number of ether oxygens (including phenoxy) is 1. The molecule has 0 spiro atoms. The Kier molecular flexibility index (Phi) is 20.0. The molecule has 0 saturated carbocycles. The number of nitrogens with two attached hydrogens (primary N) is 1. The number of likely N-dealkylation sites (N-methyl/N-ethyl adjacent to an activating group) is 1. The maximum Gasteiger partial charge on any atom is 0.293 e. The van der Waals surface area contributed by atoms with Gasteiger partial charge in [0.1, 0.15) is 22.2 Å². The second-order valence-electron chi connectivity index (χ2n) is 14.4. The van der Waals surface area contributed by atoms with Crippen LogP contribution in [0.5, 0.6) is 0 Å². The molecule has 0 atom stereocenters. The highest BCUT2D eigenvalue weighted by Crippen LogP contribution is 2.32. The van der Waals surface area contributed by atoms with E-state index in [9.17, 15) is 26.4 Å². The fraction of sp³-hybridized carbons (Fsp3) is 0.415. The van der Waals surface area contributed by atoms with Gasteiger partial charge < -0.3 is 20.3 Å². The number of carbonyl (C=O) groups is 2. The quantitative estimate of drug-likeness (QED) is 0.0949. The zero-order chi connectivity index (χ0) is 44.6. The Labute approximate surface area is 379 Å². The molecule has 0 amide bonds. The second kappa shape index (κ2) is 24.3. The van der Waals surface area contributed by atoms with E-state index in [1.807, 2.05) is 24.5 Å². The van der Waals surface area contributed by atoms with Crippen LogP contribution in [0.25, 0.3) is 0 Å². The van der Waals surface area contributed by atoms with Crippen molar-refractivity contribution in [1.82, 2.24) is 18.6 Å². The number of pyridine rings is 2. The first-order valence-corrected chi connectivity index (χ1v) is 23.9. The fourth-order valence-corrected chi connectivity index (χ4v) is 10.3. The summed E-state index contributed by atoms with van der Waals surface area (Å²) in [6.45, 7) is 4.33. The zero-order valence-corrected chi connectivity index (χ0v) is 38.6. The molecule has 6 rings (SSSR count). The van der Waals surface area contributed by atoms with Crippen LogP contribution < -0.4 is 15.5 Å². The van der Waals surface area contributed by atoms with Crippen LogP contribution in [0.3, 0.4) is 0 Å². The summed E-state index contributed by atoms with van der Waals surface area (Å²) in [6, 6.07) is 17.3. The summed E-state index contributed by atoms with van der Waals surface area (Å²) >= 11 is 23.6. The van der Waals surface area contributed by atoms with Gasteiger partial charge in [-0.3, -0.25) is 19.6 Å². The third kappa shape index (κ3) is 14.8. The summed E-state index contributed by atoms with van der Waals surface area (Å²) in [5.41, 5.74) is 8.26. The Morgan fingerprint density at radius 1 is 0.721 bits per heavy atom. The first kappa shape index (κ1) is 50.1. The molecule has 20 heteroatoms. The number of ketones is 1. The Hall–Kier alpha value is -3.58. The van der Waals surface area contributed by atoms with Gasteiger partial charge in [0, 0.05) is 108 Å². The topological polar surface area (TPSA) is 176 Å². The van der Waals surface area contributed by atoms with Crippen molar-refractivity contribution in [3.05, 3.63) is 106 Å². The molecule has 14 nitrogen and oxygen atoms in total. The van der Waals surface area contributed by atoms with Gasteiger partial charge in [0.25, 0.3) is 6.47 Å². The summed E-state index contributed by atoms with van der Waals surface area (Å²) < 4.78 is 56.4. The van der Waals surface area contributed by atoms with E-state index < -0.39 is 20.0 Å². The number of aromatic nitrogens is 2. The molecule has 4 heterocycles. The minimum atomic E-state index is -3.81. The van der Waals surface area contributed by atoms with Crippen molar-refractivity contribution < 1.29 is 31.2 Å². The van der Waals surface area contributed by atoms with Gasteiger partial charge >= 0.3 is 0 Å². The molecule has 2 aromatic carbocycles. The standard InChI is InChI=1S/C21H25Cl2N3O3S.C10H11Cl2NO4S.C10H15N3/c1-25(30(28,29)20-4-2-3-19(22)21(20)23)12-9-18(27)15-16-7-13-26(14-8-16)17-5-10-24-11-6-17;1-13(5-6-17-7-14)18(15,16)9-4-2-3-8(11)10(9)12;11-9-3-7-13(8-4-9)10-1-5-12-6-2-10/h2-6,10-11,16H,7-9,12-15H2,1H3;2-4,7H,5-6H2,1H3;1-2,5-6,9H,3-4,7-8,11H2. The average Bonchev–Trinajstić information content (AvgIpc) is 3.26. The summed E-state index contributed by atoms with van der Waals surface area (Å²) in [5.74, 6) is 0.413. The van der Waals surface area contributed by atoms with Gasteiger partial charge in [-0.2, -0.15) is 4.31 Å². The minimum absolute atomic E-state index is 0.00157. The van der Waals surface area contributed by atoms with E-state index in [0.717, 1.165) is 66.2 Å². The van der Waals surface area contributed by atoms with E-state index in [-0.39, 0.29) is 68.3 Å². The van der Waals surface area contributed by atoms with Crippen LogP contribution in [0.15, 0.2) is 95.2 Å². The monoisotopic (exact) mass is 957 g/mol. The lowest BCUT2D eigenvalue weighted by atomic mass is 9.91. The first-order valence-electron chi connectivity index (χ1n) is 19.5. The van der Waals surface area contributed by atoms with E-state index in [1.165, 1.54) is 50.1 Å². The molecule has 2 aromatic heterocycles. The highest BCUT2D eigenvalue weighted by atomic mass is 35.5. The van der Waals surface area contributed by atoms with Crippen molar-refractivity contribution in [3.63, 3.8) is 0 Å². The van der Waals surface area contributed by atoms with Crippen LogP contribution in [0.2, 0.25) is 20.1 Å². The number of sulfonamides is 2. The highest BCUT2D eigenvalue weighted by Gasteiger charge is 2.27. The van der Waals surface area contributed by atoms with Crippen molar-refractivity contribution in [2.24, 2.45) is 11.7 Å². The summed E-state index contributed by atoms with van der Waals surface area (Å²) in [4.78, 5) is 35.0. The molecule has 332 valence electrons. The third-order valence-corrected chi connectivity index (χ3v) is 15.9. The average molecular weight is 960 g/mol. The number of piperidine rings is 2. The van der Waals surface area contributed by atoms with Crippen LogP contribution in [0.1, 0.15) is 38.5 Å². The molecule has 0 unspecified atom stereocenters. The van der Waals surface area contributed by atoms with Crippen molar-refractivity contribution in [2.75, 3.05) is 69.8 Å². The zero-order valence-electron chi connectivity index (χ0n) is 34.0. The third-order valence-electron chi connectivity index (χ3n) is 10.2. The van der Waals surface area contributed by atoms with E-state index in [0.29, 0.717) is 18.4 Å². The van der Waals surface area contributed by atoms with Gasteiger partial charge in [0.15, 0.2) is 0 Å². The van der Waals surface area contributed by atoms with Gasteiger partial charge in [0.05, 0.1) is 20.1 Å². The molecule has 0 aliphatic carbocycles. The molecular formula is C41H51Cl4N7O7S2. The lowest BCUT2D eigenvalue weighted by molar-refractivity contribution is -0.128. The number of hydrogen-bond donors (Lipinski definition) is 1. The van der Waals surface area contributed by atoms with Gasteiger partial charge in [-0.15, -0.1) is 0 Å². The van der Waals surface area contributed by atoms with E-state index in [4.69, 9.17) is 52.1 Å². The van der Waals surface area contributed by atoms with Crippen molar-refractivity contribution in [3.8, 4) is 0 Å². The van der Waals surface area contributed by atoms with Crippen molar-refractivity contribution >= 4 is 90.1 Å². The molecule has 61 heavy (non-hydrogen) atoms. The number of carbonyl (C=O) groups excluding carboxylic acids is 2. The van der Waals surface area contributed by atoms with Crippen molar-refractivity contribution in [2.45, 2.75) is 54.4 Å². The van der Waals surface area contributed by atoms with Gasteiger partial charge in [-0.05, 0) is 80.1 Å². The molecule has 2 aliphatic rings. The van der Waals surface area contributed by atoms with E-state index in [2.05, 4.69) is 36.6 Å². The maximum absolute atomic E-state index is 12.7. The predicted molar refractivity (Wildman–Crippen MR) is 242 cm³/mol. The molecule has 0 bridgehead atoms. The van der Waals surface area contributed by atoms with Gasteiger partial charge in [-0.25, -0.2) is 21.1 Å². The molecule has 2 saturated heterocycles. The Balaban J connectivity index is 0.000000223. The van der Waals surface area contributed by atoms with E-state index >= 15 is 0 Å². The largest absolute Gasteiger partial charge is 0.466 e. The molecule has 2 aliphatic heterocycles. The van der Waals surface area contributed by atoms with Crippen LogP contribution in [-0.2, 0) is 34.4 Å². The lowest BCUT2D eigenvalue weighted by Gasteiger charge is -2.33. The smallest absolute Gasteiger partial charge is 0.293 e. The van der Waals surface area contributed by atoms with Crippen LogP contribution >= 0.6 is 46.4 Å². The summed E-state index contributed by atoms with van der Waals surface area (Å²) in [5, 5.41) is 0.316. The lowest BCUT2D eigenvalue weighted by Crippen LogP contribution is -2.39. The summed E-state index contributed by atoms with van der Waals surface area (Å²) in [7, 11) is -4.74.